The number of piperazine rings is 1. The van der Waals surface area contributed by atoms with Crippen LogP contribution in [-0.2, 0) is 4.79 Å². The smallest absolute Gasteiger partial charge is 0.224 e. The monoisotopic (exact) mass is 398 g/mol. The number of amides is 1. The van der Waals surface area contributed by atoms with Gasteiger partial charge in [0.2, 0.25) is 5.91 Å². The fraction of sp³-hybridized carbons (Fsp3) is 0.538. The van der Waals surface area contributed by atoms with Crippen LogP contribution in [0.2, 0.25) is 0 Å². The fourth-order valence-electron chi connectivity index (χ4n) is 2.14. The molecule has 0 saturated carbocycles. The van der Waals surface area contributed by atoms with Gasteiger partial charge in [0.05, 0.1) is 0 Å². The van der Waals surface area contributed by atoms with Gasteiger partial charge in [0.15, 0.2) is 0 Å². The highest BCUT2D eigenvalue weighted by atomic mass is 79.9. The average molecular weight is 400 g/mol. The third kappa shape index (κ3) is 5.98. The number of rotatable bonds is 3. The topological polar surface area (TPSA) is 62.5 Å². The summed E-state index contributed by atoms with van der Waals surface area (Å²) in [4.78, 5) is 20.4. The predicted molar refractivity (Wildman–Crippen MR) is 93.5 cm³/mol. The maximum atomic E-state index is 11.9. The second-order valence-corrected chi connectivity index (χ2v) is 5.80. The molecule has 5 nitrogen and oxygen atoms in total. The molecule has 0 aliphatic carbocycles. The summed E-state index contributed by atoms with van der Waals surface area (Å²) in [7, 11) is 0. The van der Waals surface area contributed by atoms with Gasteiger partial charge in [-0.3, -0.25) is 4.79 Å². The Hall–Kier alpha value is -0.560. The van der Waals surface area contributed by atoms with E-state index in [4.69, 9.17) is 5.73 Å². The molecule has 1 aliphatic rings. The van der Waals surface area contributed by atoms with E-state index in [1.165, 1.54) is 0 Å². The van der Waals surface area contributed by atoms with Gasteiger partial charge in [0, 0.05) is 49.3 Å². The van der Waals surface area contributed by atoms with Crippen LogP contribution in [0.25, 0.3) is 0 Å². The molecule has 1 aromatic rings. The van der Waals surface area contributed by atoms with E-state index in [0.717, 1.165) is 36.5 Å². The van der Waals surface area contributed by atoms with Crippen LogP contribution in [0.1, 0.15) is 13.3 Å². The zero-order valence-corrected chi connectivity index (χ0v) is 15.1. The van der Waals surface area contributed by atoms with Crippen LogP contribution in [0.4, 0.5) is 5.82 Å². The van der Waals surface area contributed by atoms with Crippen molar-refractivity contribution in [3.8, 4) is 0 Å². The molecular formula is C13H21BrCl2N4O. The Labute approximate surface area is 146 Å². The first-order valence-corrected chi connectivity index (χ1v) is 7.25. The van der Waals surface area contributed by atoms with Crippen molar-refractivity contribution < 1.29 is 4.79 Å². The number of halogens is 3. The molecule has 2 heterocycles. The summed E-state index contributed by atoms with van der Waals surface area (Å²) in [6.07, 6.45) is 2.22. The molecule has 0 radical (unpaired) electrons. The summed E-state index contributed by atoms with van der Waals surface area (Å²) in [5.74, 6) is 1.11. The first-order valence-electron chi connectivity index (χ1n) is 6.46. The number of pyridine rings is 1. The number of nitrogens with two attached hydrogens (primary N) is 1. The number of anilines is 1. The highest BCUT2D eigenvalue weighted by molar-refractivity contribution is 9.10. The molecule has 2 N–H and O–H groups in total. The Balaban J connectivity index is 0.00000200. The van der Waals surface area contributed by atoms with E-state index < -0.39 is 0 Å². The van der Waals surface area contributed by atoms with Gasteiger partial charge in [0.25, 0.3) is 0 Å². The number of carbonyl (C=O) groups is 1. The first-order chi connectivity index (χ1) is 9.06. The lowest BCUT2D eigenvalue weighted by atomic mass is 10.2. The predicted octanol–water partition coefficient (Wildman–Crippen LogP) is 2.07. The number of nitrogens with zero attached hydrogens (tertiary/aromatic N) is 3. The number of hydrogen-bond donors (Lipinski definition) is 1. The lowest BCUT2D eigenvalue weighted by Crippen LogP contribution is -2.49. The maximum Gasteiger partial charge on any atom is 0.224 e. The van der Waals surface area contributed by atoms with Crippen molar-refractivity contribution in [3.63, 3.8) is 0 Å². The van der Waals surface area contributed by atoms with Crippen molar-refractivity contribution >= 4 is 52.5 Å². The molecule has 1 unspecified atom stereocenters. The molecule has 1 aliphatic heterocycles. The number of carbonyl (C=O) groups excluding carboxylic acids is 1. The summed E-state index contributed by atoms with van der Waals surface area (Å²) < 4.78 is 0.974. The standard InChI is InChI=1S/C13H19BrN4O.2ClH/c1-10(15)8-13(19)18-6-4-17(5-7-18)12-3-2-11(14)9-16-12;;/h2-3,9-10H,4-8,15H2,1H3;2*1H. The molecule has 1 aromatic heterocycles. The van der Waals surface area contributed by atoms with E-state index in [-0.39, 0.29) is 36.8 Å². The molecule has 0 spiro atoms. The third-order valence-corrected chi connectivity index (χ3v) is 3.63. The normalized spacial score (nSPS) is 15.8. The lowest BCUT2D eigenvalue weighted by Gasteiger charge is -2.35. The zero-order valence-electron chi connectivity index (χ0n) is 11.9. The second-order valence-electron chi connectivity index (χ2n) is 4.88. The van der Waals surface area contributed by atoms with Crippen LogP contribution in [0.5, 0.6) is 0 Å². The van der Waals surface area contributed by atoms with Gasteiger partial charge < -0.3 is 15.5 Å². The summed E-state index contributed by atoms with van der Waals surface area (Å²) >= 11 is 3.38. The highest BCUT2D eigenvalue weighted by Crippen LogP contribution is 2.16. The first kappa shape index (κ1) is 20.4. The van der Waals surface area contributed by atoms with E-state index in [0.29, 0.717) is 6.42 Å². The average Bonchev–Trinajstić information content (AvgIpc) is 2.39. The van der Waals surface area contributed by atoms with Crippen molar-refractivity contribution in [2.45, 2.75) is 19.4 Å². The molecule has 8 heteroatoms. The Morgan fingerprint density at radius 2 is 1.95 bits per heavy atom. The molecule has 0 bridgehead atoms. The van der Waals surface area contributed by atoms with Crippen LogP contribution in [0.15, 0.2) is 22.8 Å². The third-order valence-electron chi connectivity index (χ3n) is 3.16. The van der Waals surface area contributed by atoms with Gasteiger partial charge in [0.1, 0.15) is 5.82 Å². The van der Waals surface area contributed by atoms with Crippen LogP contribution in [-0.4, -0.2) is 48.0 Å². The Bertz CT molecular complexity index is 436. The fourth-order valence-corrected chi connectivity index (χ4v) is 2.38. The Morgan fingerprint density at radius 1 is 1.33 bits per heavy atom. The van der Waals surface area contributed by atoms with Crippen molar-refractivity contribution in [1.82, 2.24) is 9.88 Å². The molecule has 1 atom stereocenters. The molecule has 1 fully saturated rings. The van der Waals surface area contributed by atoms with Gasteiger partial charge in [-0.2, -0.15) is 0 Å². The largest absolute Gasteiger partial charge is 0.353 e. The molecule has 120 valence electrons. The van der Waals surface area contributed by atoms with E-state index >= 15 is 0 Å². The van der Waals surface area contributed by atoms with Gasteiger partial charge in [-0.15, -0.1) is 24.8 Å². The quantitative estimate of drug-likeness (QED) is 0.844. The SMILES string of the molecule is CC(N)CC(=O)N1CCN(c2ccc(Br)cn2)CC1.Cl.Cl. The molecule has 2 rings (SSSR count). The molecule has 0 aromatic carbocycles. The van der Waals surface area contributed by atoms with E-state index in [2.05, 4.69) is 25.8 Å². The van der Waals surface area contributed by atoms with Crippen LogP contribution < -0.4 is 10.6 Å². The van der Waals surface area contributed by atoms with Gasteiger partial charge in [-0.25, -0.2) is 4.98 Å². The minimum atomic E-state index is -0.0707. The van der Waals surface area contributed by atoms with E-state index in [9.17, 15) is 4.79 Å². The highest BCUT2D eigenvalue weighted by Gasteiger charge is 2.22. The lowest BCUT2D eigenvalue weighted by molar-refractivity contribution is -0.131. The minimum Gasteiger partial charge on any atom is -0.353 e. The summed E-state index contributed by atoms with van der Waals surface area (Å²) in [6.45, 7) is 4.98. The molecular weight excluding hydrogens is 379 g/mol. The van der Waals surface area contributed by atoms with Crippen molar-refractivity contribution in [2.75, 3.05) is 31.1 Å². The second kappa shape index (κ2) is 9.46. The minimum absolute atomic E-state index is 0. The maximum absolute atomic E-state index is 11.9. The van der Waals surface area contributed by atoms with Gasteiger partial charge >= 0.3 is 0 Å². The molecule has 21 heavy (non-hydrogen) atoms. The van der Waals surface area contributed by atoms with Gasteiger partial charge in [-0.05, 0) is 35.0 Å². The van der Waals surface area contributed by atoms with E-state index in [1.807, 2.05) is 24.0 Å². The molecule has 1 amide bonds. The Morgan fingerprint density at radius 3 is 2.43 bits per heavy atom. The van der Waals surface area contributed by atoms with Crippen molar-refractivity contribution in [1.29, 1.82) is 0 Å². The molecule has 1 saturated heterocycles. The van der Waals surface area contributed by atoms with Crippen LogP contribution >= 0.6 is 40.7 Å². The summed E-state index contributed by atoms with van der Waals surface area (Å²) in [5.41, 5.74) is 5.66. The van der Waals surface area contributed by atoms with Crippen LogP contribution in [0, 0.1) is 0 Å². The van der Waals surface area contributed by atoms with Crippen LogP contribution in [0.3, 0.4) is 0 Å². The summed E-state index contributed by atoms with van der Waals surface area (Å²) in [6, 6.07) is 3.90. The van der Waals surface area contributed by atoms with E-state index in [1.54, 1.807) is 6.20 Å². The number of hydrogen-bond acceptors (Lipinski definition) is 4. The Kier molecular flexibility index (Phi) is 9.20. The van der Waals surface area contributed by atoms with Crippen molar-refractivity contribution in [3.05, 3.63) is 22.8 Å². The zero-order chi connectivity index (χ0) is 13.8. The number of aromatic nitrogens is 1. The summed E-state index contributed by atoms with van der Waals surface area (Å²) in [5, 5.41) is 0. The van der Waals surface area contributed by atoms with Crippen molar-refractivity contribution in [2.24, 2.45) is 5.73 Å². The van der Waals surface area contributed by atoms with Gasteiger partial charge in [-0.1, -0.05) is 0 Å².